The first-order valence-electron chi connectivity index (χ1n) is 18.8. The molecule has 0 saturated heterocycles. The molecule has 2 saturated carbocycles. The molecule has 0 heterocycles. The van der Waals surface area contributed by atoms with E-state index >= 15 is 0 Å². The van der Waals surface area contributed by atoms with Gasteiger partial charge in [-0.1, -0.05) is 110 Å². The number of hydrogen-bond acceptors (Lipinski definition) is 0. The van der Waals surface area contributed by atoms with Crippen molar-refractivity contribution in [3.63, 3.8) is 0 Å². The van der Waals surface area contributed by atoms with E-state index in [4.69, 9.17) is 28.6 Å². The summed E-state index contributed by atoms with van der Waals surface area (Å²) in [7, 11) is 13.1. The van der Waals surface area contributed by atoms with Crippen LogP contribution in [0.15, 0.2) is 121 Å². The second-order valence-corrected chi connectivity index (χ2v) is 36.9. The van der Waals surface area contributed by atoms with Gasteiger partial charge in [0.2, 0.25) is 0 Å². The molecule has 2 aliphatic rings. The number of benzene rings is 4. The summed E-state index contributed by atoms with van der Waals surface area (Å²) in [5.74, 6) is 0. The van der Waals surface area contributed by atoms with E-state index in [1.165, 1.54) is 63.2 Å². The Hall–Kier alpha value is 0.132. The first-order valence-corrected chi connectivity index (χ1v) is 36.1. The summed E-state index contributed by atoms with van der Waals surface area (Å²) in [5, 5.41) is 6.34. The molecule has 0 aliphatic heterocycles. The summed E-state index contributed by atoms with van der Waals surface area (Å²) in [6.07, 6.45) is 24.3. The van der Waals surface area contributed by atoms with Crippen molar-refractivity contribution in [1.29, 1.82) is 0 Å². The van der Waals surface area contributed by atoms with Crippen molar-refractivity contribution in [2.24, 2.45) is 0 Å². The van der Waals surface area contributed by atoms with Crippen molar-refractivity contribution >= 4 is 81.5 Å². The van der Waals surface area contributed by atoms with Gasteiger partial charge in [-0.05, 0) is 94.2 Å². The smallest absolute Gasteiger partial charge is 0.0622 e. The van der Waals surface area contributed by atoms with Crippen molar-refractivity contribution in [1.82, 2.24) is 0 Å². The fraction of sp³-hybridized carbons (Fsp3) is 0.429. The van der Waals surface area contributed by atoms with Crippen molar-refractivity contribution in [3.8, 4) is 0 Å². The SMILES string of the molecule is [Cl][Re]([Cl])[Cl].c1ccc(P(CC[PH+](CC[PH+](c2ccccc2)c2ccccc2)CC[PH+](C2CCCCC2)C2CCCCC2)c2ccccc2)cc1. The molecule has 1 unspecified atom stereocenters. The van der Waals surface area contributed by atoms with Crippen molar-refractivity contribution in [3.05, 3.63) is 121 Å². The van der Waals surface area contributed by atoms with Gasteiger partial charge in [0.1, 0.15) is 0 Å². The van der Waals surface area contributed by atoms with Crippen LogP contribution in [0.4, 0.5) is 0 Å². The second-order valence-electron chi connectivity index (χ2n) is 13.9. The maximum absolute atomic E-state index is 4.99. The van der Waals surface area contributed by atoms with Crippen LogP contribution in [0.25, 0.3) is 0 Å². The van der Waals surface area contributed by atoms with Gasteiger partial charge in [-0.15, -0.1) is 0 Å². The van der Waals surface area contributed by atoms with Crippen LogP contribution in [0.3, 0.4) is 0 Å². The monoisotopic (exact) mass is 977 g/mol. The maximum atomic E-state index is 4.99. The molecule has 0 aromatic heterocycles. The molecule has 2 aliphatic carbocycles. The van der Waals surface area contributed by atoms with Gasteiger partial charge in [0.15, 0.2) is 0 Å². The molecule has 4 aromatic carbocycles. The third-order valence-corrected chi connectivity index (χ3v) is 24.5. The maximum Gasteiger partial charge on any atom is 0.0999 e. The zero-order chi connectivity index (χ0) is 34.8. The predicted octanol–water partition coefficient (Wildman–Crippen LogP) is 12.1. The Morgan fingerprint density at radius 1 is 0.480 bits per heavy atom. The van der Waals surface area contributed by atoms with E-state index in [1.54, 1.807) is 59.2 Å². The van der Waals surface area contributed by atoms with Crippen LogP contribution in [-0.2, 0) is 13.7 Å². The molecule has 6 rings (SSSR count). The molecule has 0 N–H and O–H groups in total. The van der Waals surface area contributed by atoms with Crippen molar-refractivity contribution in [2.75, 3.05) is 37.0 Å². The molecule has 1 atom stereocenters. The normalized spacial score (nSPS) is 16.6. The number of rotatable bonds is 15. The second kappa shape index (κ2) is 23.8. The first kappa shape index (κ1) is 41.3. The summed E-state index contributed by atoms with van der Waals surface area (Å²) in [6, 6.07) is 46.2. The van der Waals surface area contributed by atoms with Crippen LogP contribution in [0.1, 0.15) is 64.2 Å². The van der Waals surface area contributed by atoms with Crippen molar-refractivity contribution in [2.45, 2.75) is 75.5 Å². The number of hydrogen-bond donors (Lipinski definition) is 0. The summed E-state index contributed by atoms with van der Waals surface area (Å²) in [4.78, 5) is 0. The zero-order valence-electron chi connectivity index (χ0n) is 29.5. The van der Waals surface area contributed by atoms with Crippen LogP contribution in [0, 0.1) is 0 Å². The molecule has 50 heavy (non-hydrogen) atoms. The van der Waals surface area contributed by atoms with E-state index in [0.29, 0.717) is 0 Å². The van der Waals surface area contributed by atoms with E-state index in [9.17, 15) is 0 Å². The average Bonchev–Trinajstić information content (AvgIpc) is 3.17. The van der Waals surface area contributed by atoms with Gasteiger partial charge < -0.3 is 0 Å². The van der Waals surface area contributed by atoms with Crippen LogP contribution < -0.4 is 21.2 Å². The quantitative estimate of drug-likeness (QED) is 0.104. The van der Waals surface area contributed by atoms with Gasteiger partial charge in [0.05, 0.1) is 60.7 Å². The minimum absolute atomic E-state index is 0.284. The molecule has 0 amide bonds. The van der Waals surface area contributed by atoms with Crippen LogP contribution in [0.5, 0.6) is 0 Å². The number of halogens is 3. The summed E-state index contributed by atoms with van der Waals surface area (Å²) in [5.41, 5.74) is 2.23. The van der Waals surface area contributed by atoms with Crippen LogP contribution in [0.2, 0.25) is 0 Å². The van der Waals surface area contributed by atoms with Crippen LogP contribution >= 0.6 is 60.3 Å². The third kappa shape index (κ3) is 14.1. The van der Waals surface area contributed by atoms with Crippen LogP contribution in [-0.4, -0.2) is 48.3 Å². The largest absolute Gasteiger partial charge is 0.0999 e. The predicted molar refractivity (Wildman–Crippen MR) is 237 cm³/mol. The Morgan fingerprint density at radius 3 is 1.28 bits per heavy atom. The average molecular weight is 978 g/mol. The molecular weight excluding hydrogens is 921 g/mol. The molecule has 270 valence electrons. The fourth-order valence-corrected chi connectivity index (χ4v) is 24.0. The molecule has 0 bridgehead atoms. The van der Waals surface area contributed by atoms with E-state index in [2.05, 4.69) is 121 Å². The Balaban J connectivity index is 0.00000115. The standard InChI is InChI=1S/C42H54P4.3ClH.Re/c1-7-19-37(20-8-1)44(38-21-9-2-10-22-38)34-31-43(32-35-45(39-23-11-3-12-24-39)40-25-13-4-14-26-40)33-36-46(41-27-15-5-16-28-41)42-29-17-6-18-30-42;;;;/h1-4,7-14,19-26,41-42H,5-6,15-18,27-36H2;3*1H;/q;;;;+3. The summed E-state index contributed by atoms with van der Waals surface area (Å²) < 4.78 is 0. The first-order chi connectivity index (χ1) is 24.6. The van der Waals surface area contributed by atoms with Gasteiger partial charge >= 0.3 is 42.3 Å². The fourth-order valence-electron chi connectivity index (χ4n) is 8.31. The zero-order valence-corrected chi connectivity index (χ0v) is 38.4. The molecule has 8 heteroatoms. The molecular formula is C42H57Cl3P4Re+3. The van der Waals surface area contributed by atoms with E-state index in [0.717, 1.165) is 11.3 Å². The summed E-state index contributed by atoms with van der Waals surface area (Å²) >= 11 is -2.05. The van der Waals surface area contributed by atoms with E-state index < -0.39 is 29.5 Å². The van der Waals surface area contributed by atoms with Crippen molar-refractivity contribution < 1.29 is 13.7 Å². The van der Waals surface area contributed by atoms with Gasteiger partial charge in [-0.3, -0.25) is 0 Å². The minimum Gasteiger partial charge on any atom is -0.0622 e. The van der Waals surface area contributed by atoms with E-state index in [1.807, 2.05) is 0 Å². The molecule has 0 spiro atoms. The molecule has 0 nitrogen and oxygen atoms in total. The van der Waals surface area contributed by atoms with Gasteiger partial charge in [-0.25, -0.2) is 0 Å². The molecule has 2 fully saturated rings. The Kier molecular flexibility index (Phi) is 19.7. The Labute approximate surface area is 326 Å². The molecule has 0 radical (unpaired) electrons. The van der Waals surface area contributed by atoms with Gasteiger partial charge in [0, 0.05) is 22.0 Å². The summed E-state index contributed by atoms with van der Waals surface area (Å²) in [6.45, 7) is 0. The third-order valence-electron chi connectivity index (χ3n) is 10.8. The van der Waals surface area contributed by atoms with Gasteiger partial charge in [-0.2, -0.15) is 0 Å². The Bertz CT molecular complexity index is 1250. The van der Waals surface area contributed by atoms with E-state index in [-0.39, 0.29) is 15.8 Å². The topological polar surface area (TPSA) is 0 Å². The minimum atomic E-state index is -2.05. The van der Waals surface area contributed by atoms with Gasteiger partial charge in [0.25, 0.3) is 0 Å². The Morgan fingerprint density at radius 2 is 0.860 bits per heavy atom. The molecule has 4 aromatic rings.